The van der Waals surface area contributed by atoms with Crippen molar-refractivity contribution in [3.05, 3.63) is 39.9 Å². The molecule has 0 aliphatic carbocycles. The van der Waals surface area contributed by atoms with Crippen molar-refractivity contribution < 1.29 is 9.66 Å². The van der Waals surface area contributed by atoms with Crippen molar-refractivity contribution in [2.45, 2.75) is 33.1 Å². The summed E-state index contributed by atoms with van der Waals surface area (Å²) in [6.45, 7) is 7.71. The van der Waals surface area contributed by atoms with Gasteiger partial charge in [-0.3, -0.25) is 15.1 Å². The zero-order valence-electron chi connectivity index (χ0n) is 15.0. The van der Waals surface area contributed by atoms with Crippen molar-refractivity contribution in [1.29, 1.82) is 0 Å². The molecule has 0 aromatic heterocycles. The number of benzene rings is 1. The minimum atomic E-state index is -0.376. The highest BCUT2D eigenvalue weighted by atomic mass is 127. The summed E-state index contributed by atoms with van der Waals surface area (Å²) in [6, 6.07) is 6.75. The molecule has 0 atom stereocenters. The Hall–Kier alpha value is -1.42. The maximum atomic E-state index is 10.6. The van der Waals surface area contributed by atoms with Crippen LogP contribution in [0.1, 0.15) is 32.3 Å². The van der Waals surface area contributed by atoms with E-state index in [1.54, 1.807) is 12.1 Å². The lowest BCUT2D eigenvalue weighted by Crippen LogP contribution is -2.39. The average molecular weight is 464 g/mol. The molecule has 142 valence electrons. The fraction of sp³-hybridized carbons (Fsp3) is 0.588. The van der Waals surface area contributed by atoms with Crippen molar-refractivity contribution in [3.8, 4) is 0 Å². The fourth-order valence-electron chi connectivity index (χ4n) is 2.14. The van der Waals surface area contributed by atoms with Gasteiger partial charge in [-0.25, -0.2) is 0 Å². The number of rotatable bonds is 11. The van der Waals surface area contributed by atoms with Crippen LogP contribution in [-0.4, -0.2) is 43.7 Å². The van der Waals surface area contributed by atoms with E-state index in [2.05, 4.69) is 15.6 Å². The smallest absolute Gasteiger partial charge is 0.269 e. The normalized spacial score (nSPS) is 10.9. The Morgan fingerprint density at radius 1 is 1.20 bits per heavy atom. The number of nitro groups is 1. The minimum Gasteiger partial charge on any atom is -0.380 e. The van der Waals surface area contributed by atoms with Gasteiger partial charge in [0.15, 0.2) is 5.96 Å². The molecule has 7 nitrogen and oxygen atoms in total. The van der Waals surface area contributed by atoms with Crippen LogP contribution in [-0.2, 0) is 11.2 Å². The van der Waals surface area contributed by atoms with Crippen LogP contribution >= 0.6 is 24.0 Å². The SMILES string of the molecule is CCNC(=NCCCCc1ccc([N+](=O)[O-])cc1)NCCOCC.I. The Labute approximate surface area is 166 Å². The second-order valence-corrected chi connectivity index (χ2v) is 5.27. The van der Waals surface area contributed by atoms with Gasteiger partial charge in [0.25, 0.3) is 5.69 Å². The van der Waals surface area contributed by atoms with E-state index in [4.69, 9.17) is 4.74 Å². The number of aryl methyl sites for hydroxylation is 1. The number of halogens is 1. The third-order valence-electron chi connectivity index (χ3n) is 3.38. The summed E-state index contributed by atoms with van der Waals surface area (Å²) < 4.78 is 5.29. The zero-order chi connectivity index (χ0) is 17.6. The summed E-state index contributed by atoms with van der Waals surface area (Å²) in [4.78, 5) is 14.8. The van der Waals surface area contributed by atoms with Gasteiger partial charge in [0.05, 0.1) is 11.5 Å². The van der Waals surface area contributed by atoms with E-state index in [1.165, 1.54) is 0 Å². The van der Waals surface area contributed by atoms with Gasteiger partial charge in [0.2, 0.25) is 0 Å². The molecule has 0 amide bonds. The summed E-state index contributed by atoms with van der Waals surface area (Å²) in [5.74, 6) is 0.813. The quantitative estimate of drug-likeness (QED) is 0.131. The topological polar surface area (TPSA) is 88.8 Å². The summed E-state index contributed by atoms with van der Waals surface area (Å²) in [6.07, 6.45) is 2.88. The van der Waals surface area contributed by atoms with Crippen molar-refractivity contribution >= 4 is 35.6 Å². The fourth-order valence-corrected chi connectivity index (χ4v) is 2.14. The largest absolute Gasteiger partial charge is 0.380 e. The molecule has 0 aliphatic heterocycles. The average Bonchev–Trinajstić information content (AvgIpc) is 2.58. The van der Waals surface area contributed by atoms with Crippen LogP contribution < -0.4 is 10.6 Å². The van der Waals surface area contributed by atoms with Crippen LogP contribution in [0.5, 0.6) is 0 Å². The van der Waals surface area contributed by atoms with Gasteiger partial charge >= 0.3 is 0 Å². The number of aliphatic imine (C=N–C) groups is 1. The lowest BCUT2D eigenvalue weighted by Gasteiger charge is -2.11. The van der Waals surface area contributed by atoms with Crippen LogP contribution in [0.2, 0.25) is 0 Å². The highest BCUT2D eigenvalue weighted by Gasteiger charge is 2.03. The predicted molar refractivity (Wildman–Crippen MR) is 112 cm³/mol. The van der Waals surface area contributed by atoms with E-state index in [9.17, 15) is 10.1 Å². The zero-order valence-corrected chi connectivity index (χ0v) is 17.3. The summed E-state index contributed by atoms with van der Waals surface area (Å²) in [5, 5.41) is 17.0. The first kappa shape index (κ1) is 23.6. The number of unbranched alkanes of at least 4 members (excludes halogenated alkanes) is 1. The Morgan fingerprint density at radius 3 is 2.52 bits per heavy atom. The number of guanidine groups is 1. The van der Waals surface area contributed by atoms with Gasteiger partial charge in [-0.05, 0) is 38.7 Å². The Bertz CT molecular complexity index is 509. The van der Waals surface area contributed by atoms with Gasteiger partial charge in [0.1, 0.15) is 0 Å². The lowest BCUT2D eigenvalue weighted by molar-refractivity contribution is -0.384. The van der Waals surface area contributed by atoms with Crippen LogP contribution in [0.15, 0.2) is 29.3 Å². The number of ether oxygens (including phenoxy) is 1. The first-order valence-electron chi connectivity index (χ1n) is 8.50. The first-order chi connectivity index (χ1) is 11.7. The molecule has 1 aromatic rings. The molecule has 8 heteroatoms. The highest BCUT2D eigenvalue weighted by molar-refractivity contribution is 14.0. The maximum Gasteiger partial charge on any atom is 0.269 e. The Balaban J connectivity index is 0.00000576. The summed E-state index contributed by atoms with van der Waals surface area (Å²) in [5.41, 5.74) is 1.25. The van der Waals surface area contributed by atoms with Gasteiger partial charge in [0, 0.05) is 38.4 Å². The van der Waals surface area contributed by atoms with E-state index in [0.29, 0.717) is 6.61 Å². The standard InChI is InChI=1S/C17H28N4O3.HI/c1-3-18-17(20-13-14-24-4-2)19-12-6-5-7-15-8-10-16(11-9-15)21(22)23;/h8-11H,3-7,12-14H2,1-2H3,(H2,18,19,20);1H. The predicted octanol–water partition coefficient (Wildman–Crippen LogP) is 3.13. The number of non-ortho nitro benzene ring substituents is 1. The molecule has 0 radical (unpaired) electrons. The van der Waals surface area contributed by atoms with E-state index in [1.807, 2.05) is 26.0 Å². The lowest BCUT2D eigenvalue weighted by atomic mass is 10.1. The van der Waals surface area contributed by atoms with Gasteiger partial charge < -0.3 is 15.4 Å². The van der Waals surface area contributed by atoms with Crippen molar-refractivity contribution in [2.75, 3.05) is 32.8 Å². The number of nitrogens with one attached hydrogen (secondary N) is 2. The highest BCUT2D eigenvalue weighted by Crippen LogP contribution is 2.13. The Kier molecular flexibility index (Phi) is 14.0. The van der Waals surface area contributed by atoms with Crippen LogP contribution in [0, 0.1) is 10.1 Å². The molecule has 25 heavy (non-hydrogen) atoms. The third-order valence-corrected chi connectivity index (χ3v) is 3.38. The molecule has 1 aromatic carbocycles. The van der Waals surface area contributed by atoms with E-state index in [0.717, 1.165) is 57.0 Å². The molecule has 0 fully saturated rings. The molecule has 0 saturated carbocycles. The molecule has 0 aliphatic rings. The Morgan fingerprint density at radius 2 is 1.92 bits per heavy atom. The number of hydrogen-bond acceptors (Lipinski definition) is 4. The number of hydrogen-bond donors (Lipinski definition) is 2. The second-order valence-electron chi connectivity index (χ2n) is 5.27. The maximum absolute atomic E-state index is 10.6. The van der Waals surface area contributed by atoms with Crippen LogP contribution in [0.3, 0.4) is 0 Å². The van der Waals surface area contributed by atoms with Gasteiger partial charge in [-0.2, -0.15) is 0 Å². The van der Waals surface area contributed by atoms with Gasteiger partial charge in [-0.1, -0.05) is 12.1 Å². The monoisotopic (exact) mass is 464 g/mol. The molecule has 0 bridgehead atoms. The van der Waals surface area contributed by atoms with Gasteiger partial charge in [-0.15, -0.1) is 24.0 Å². The molecule has 0 unspecified atom stereocenters. The molecule has 1 rings (SSSR count). The molecule has 2 N–H and O–H groups in total. The summed E-state index contributed by atoms with van der Waals surface area (Å²) in [7, 11) is 0. The van der Waals surface area contributed by atoms with Crippen molar-refractivity contribution in [3.63, 3.8) is 0 Å². The molecule has 0 heterocycles. The second kappa shape index (κ2) is 14.9. The van der Waals surface area contributed by atoms with E-state index in [-0.39, 0.29) is 34.6 Å². The minimum absolute atomic E-state index is 0. The first-order valence-corrected chi connectivity index (χ1v) is 8.50. The van der Waals surface area contributed by atoms with E-state index >= 15 is 0 Å². The molecular weight excluding hydrogens is 435 g/mol. The third kappa shape index (κ3) is 10.9. The molecule has 0 spiro atoms. The van der Waals surface area contributed by atoms with Crippen molar-refractivity contribution in [2.24, 2.45) is 4.99 Å². The van der Waals surface area contributed by atoms with Crippen LogP contribution in [0.4, 0.5) is 5.69 Å². The summed E-state index contributed by atoms with van der Waals surface area (Å²) >= 11 is 0. The molecule has 0 saturated heterocycles. The van der Waals surface area contributed by atoms with Crippen LogP contribution in [0.25, 0.3) is 0 Å². The number of nitro benzene ring substituents is 1. The molecular formula is C17H29IN4O3. The number of nitrogens with zero attached hydrogens (tertiary/aromatic N) is 2. The van der Waals surface area contributed by atoms with E-state index < -0.39 is 0 Å². The van der Waals surface area contributed by atoms with Crippen molar-refractivity contribution in [1.82, 2.24) is 10.6 Å².